The molecule has 2 N–H and O–H groups in total. The van der Waals surface area contributed by atoms with E-state index in [2.05, 4.69) is 31.1 Å². The molecule has 2 unspecified atom stereocenters. The van der Waals surface area contributed by atoms with E-state index in [-0.39, 0.29) is 6.10 Å². The minimum absolute atomic E-state index is 0.386. The zero-order valence-corrected chi connectivity index (χ0v) is 13.6. The molecule has 0 amide bonds. The number of nitrogens with one attached hydrogen (secondary N) is 1. The summed E-state index contributed by atoms with van der Waals surface area (Å²) in [6, 6.07) is 0.628. The summed E-state index contributed by atoms with van der Waals surface area (Å²) in [6.07, 6.45) is 5.82. The van der Waals surface area contributed by atoms with Crippen LogP contribution in [-0.2, 0) is 4.74 Å². The lowest BCUT2D eigenvalue weighted by molar-refractivity contribution is 0.0336. The van der Waals surface area contributed by atoms with E-state index < -0.39 is 0 Å². The Morgan fingerprint density at radius 1 is 1.35 bits per heavy atom. The van der Waals surface area contributed by atoms with Crippen LogP contribution in [-0.4, -0.2) is 62.0 Å². The van der Waals surface area contributed by atoms with Crippen LogP contribution in [0, 0.1) is 5.92 Å². The van der Waals surface area contributed by atoms with Crippen LogP contribution in [0.1, 0.15) is 46.0 Å². The van der Waals surface area contributed by atoms with Crippen LogP contribution >= 0.6 is 0 Å². The third-order valence-electron chi connectivity index (χ3n) is 4.06. The monoisotopic (exact) mass is 286 g/mol. The molecule has 1 aliphatic rings. The molecule has 1 saturated heterocycles. The summed E-state index contributed by atoms with van der Waals surface area (Å²) in [5, 5.41) is 13.2. The van der Waals surface area contributed by atoms with Crippen LogP contribution in [0.15, 0.2) is 0 Å². The van der Waals surface area contributed by atoms with E-state index in [9.17, 15) is 5.11 Å². The fraction of sp³-hybridized carbons (Fsp3) is 1.00. The van der Waals surface area contributed by atoms with Crippen molar-refractivity contribution in [3.63, 3.8) is 0 Å². The minimum atomic E-state index is -0.386. The predicted octanol–water partition coefficient (Wildman–Crippen LogP) is 1.87. The number of piperidine rings is 1. The van der Waals surface area contributed by atoms with Gasteiger partial charge in [0.2, 0.25) is 0 Å². The maximum atomic E-state index is 9.85. The molecule has 0 aromatic rings. The first-order valence-corrected chi connectivity index (χ1v) is 8.26. The molecule has 0 aromatic carbocycles. The lowest BCUT2D eigenvalue weighted by atomic mass is 10.0. The average Bonchev–Trinajstić information content (AvgIpc) is 2.40. The van der Waals surface area contributed by atoms with Gasteiger partial charge >= 0.3 is 0 Å². The average molecular weight is 286 g/mol. The molecule has 0 spiro atoms. The van der Waals surface area contributed by atoms with Crippen LogP contribution in [0.5, 0.6) is 0 Å². The van der Waals surface area contributed by atoms with Gasteiger partial charge < -0.3 is 20.1 Å². The predicted molar refractivity (Wildman–Crippen MR) is 84.0 cm³/mol. The molecule has 0 radical (unpaired) electrons. The summed E-state index contributed by atoms with van der Waals surface area (Å²) in [6.45, 7) is 8.47. The van der Waals surface area contributed by atoms with Crippen molar-refractivity contribution in [1.29, 1.82) is 0 Å². The molecule has 1 aliphatic heterocycles. The van der Waals surface area contributed by atoms with Crippen molar-refractivity contribution in [2.75, 3.05) is 39.9 Å². The first-order chi connectivity index (χ1) is 9.59. The van der Waals surface area contributed by atoms with Gasteiger partial charge in [0.25, 0.3) is 0 Å². The van der Waals surface area contributed by atoms with Gasteiger partial charge in [-0.2, -0.15) is 0 Å². The molecule has 1 rings (SSSR count). The van der Waals surface area contributed by atoms with Crippen molar-refractivity contribution < 1.29 is 9.84 Å². The third kappa shape index (κ3) is 8.20. The molecule has 4 nitrogen and oxygen atoms in total. The van der Waals surface area contributed by atoms with Gasteiger partial charge in [-0.05, 0) is 45.2 Å². The molecule has 2 atom stereocenters. The molecule has 1 fully saturated rings. The molecular weight excluding hydrogens is 252 g/mol. The van der Waals surface area contributed by atoms with Gasteiger partial charge in [-0.3, -0.25) is 0 Å². The molecule has 0 bridgehead atoms. The van der Waals surface area contributed by atoms with Crippen molar-refractivity contribution in [3.05, 3.63) is 0 Å². The van der Waals surface area contributed by atoms with Crippen molar-refractivity contribution >= 4 is 0 Å². The fourth-order valence-corrected chi connectivity index (χ4v) is 2.69. The zero-order valence-electron chi connectivity index (χ0n) is 13.6. The number of aliphatic hydroxyl groups is 1. The number of nitrogens with zero attached hydrogens (tertiary/aromatic N) is 1. The van der Waals surface area contributed by atoms with Crippen LogP contribution in [0.3, 0.4) is 0 Å². The third-order valence-corrected chi connectivity index (χ3v) is 4.06. The standard InChI is InChI=1S/C16H34N2O2/c1-14(2)7-6-10-20-13-16(19)12-17-11-15-8-4-5-9-18(15)3/h14-17,19H,4-13H2,1-3H3. The summed E-state index contributed by atoms with van der Waals surface area (Å²) in [7, 11) is 2.19. The molecule has 0 aromatic heterocycles. The van der Waals surface area contributed by atoms with Gasteiger partial charge in [-0.1, -0.05) is 20.3 Å². The van der Waals surface area contributed by atoms with E-state index in [0.717, 1.165) is 25.5 Å². The Kier molecular flexibility index (Phi) is 9.44. The first kappa shape index (κ1) is 17.9. The molecule has 0 saturated carbocycles. The van der Waals surface area contributed by atoms with Gasteiger partial charge in [0.15, 0.2) is 0 Å². The molecule has 0 aliphatic carbocycles. The quantitative estimate of drug-likeness (QED) is 0.602. The summed E-state index contributed by atoms with van der Waals surface area (Å²) < 4.78 is 5.51. The Balaban J connectivity index is 1.95. The van der Waals surface area contributed by atoms with E-state index in [1.165, 1.54) is 32.2 Å². The Hall–Kier alpha value is -0.160. The highest BCUT2D eigenvalue weighted by molar-refractivity contribution is 4.76. The lowest BCUT2D eigenvalue weighted by Gasteiger charge is -2.32. The van der Waals surface area contributed by atoms with Crippen LogP contribution in [0.4, 0.5) is 0 Å². The van der Waals surface area contributed by atoms with E-state index in [1.54, 1.807) is 0 Å². The topological polar surface area (TPSA) is 44.7 Å². The van der Waals surface area contributed by atoms with Crippen LogP contribution < -0.4 is 5.32 Å². The highest BCUT2D eigenvalue weighted by Gasteiger charge is 2.18. The Bertz CT molecular complexity index is 237. The van der Waals surface area contributed by atoms with Gasteiger partial charge in [0.1, 0.15) is 0 Å². The first-order valence-electron chi connectivity index (χ1n) is 8.26. The number of ether oxygens (including phenoxy) is 1. The number of hydrogen-bond acceptors (Lipinski definition) is 4. The van der Waals surface area contributed by atoms with Crippen molar-refractivity contribution in [2.45, 2.75) is 58.1 Å². The highest BCUT2D eigenvalue weighted by Crippen LogP contribution is 2.13. The second kappa shape index (κ2) is 10.6. The van der Waals surface area contributed by atoms with E-state index >= 15 is 0 Å². The summed E-state index contributed by atoms with van der Waals surface area (Å²) in [4.78, 5) is 2.42. The Labute approximate surface area is 124 Å². The number of hydrogen-bond donors (Lipinski definition) is 2. The van der Waals surface area contributed by atoms with Crippen molar-refractivity contribution in [3.8, 4) is 0 Å². The summed E-state index contributed by atoms with van der Waals surface area (Å²) >= 11 is 0. The van der Waals surface area contributed by atoms with Gasteiger partial charge in [0, 0.05) is 25.7 Å². The lowest BCUT2D eigenvalue weighted by Crippen LogP contribution is -2.45. The van der Waals surface area contributed by atoms with Gasteiger partial charge in [0.05, 0.1) is 12.7 Å². The maximum Gasteiger partial charge on any atom is 0.0897 e. The molecule has 120 valence electrons. The molecule has 4 heteroatoms. The van der Waals surface area contributed by atoms with E-state index in [0.29, 0.717) is 19.2 Å². The normalized spacial score (nSPS) is 22.4. The zero-order chi connectivity index (χ0) is 14.8. The highest BCUT2D eigenvalue weighted by atomic mass is 16.5. The molecule has 1 heterocycles. The van der Waals surface area contributed by atoms with Crippen LogP contribution in [0.25, 0.3) is 0 Å². The smallest absolute Gasteiger partial charge is 0.0897 e. The number of likely N-dealkylation sites (N-methyl/N-ethyl adjacent to an activating group) is 1. The second-order valence-corrected chi connectivity index (χ2v) is 6.55. The fourth-order valence-electron chi connectivity index (χ4n) is 2.69. The molecule has 20 heavy (non-hydrogen) atoms. The van der Waals surface area contributed by atoms with Gasteiger partial charge in [-0.25, -0.2) is 0 Å². The summed E-state index contributed by atoms with van der Waals surface area (Å²) in [5.74, 6) is 0.734. The Morgan fingerprint density at radius 2 is 2.15 bits per heavy atom. The largest absolute Gasteiger partial charge is 0.389 e. The number of aliphatic hydroxyl groups excluding tert-OH is 1. The second-order valence-electron chi connectivity index (χ2n) is 6.55. The minimum Gasteiger partial charge on any atom is -0.389 e. The van der Waals surface area contributed by atoms with E-state index in [4.69, 9.17) is 4.74 Å². The maximum absolute atomic E-state index is 9.85. The van der Waals surface area contributed by atoms with E-state index in [1.807, 2.05) is 0 Å². The van der Waals surface area contributed by atoms with Gasteiger partial charge in [-0.15, -0.1) is 0 Å². The SMILES string of the molecule is CC(C)CCCOCC(O)CNCC1CCCCN1C. The van der Waals surface area contributed by atoms with Crippen molar-refractivity contribution in [2.24, 2.45) is 5.92 Å². The molecular formula is C16H34N2O2. The Morgan fingerprint density at radius 3 is 2.85 bits per heavy atom. The number of likely N-dealkylation sites (tertiary alicyclic amines) is 1. The van der Waals surface area contributed by atoms with Crippen LogP contribution in [0.2, 0.25) is 0 Å². The van der Waals surface area contributed by atoms with Crippen molar-refractivity contribution in [1.82, 2.24) is 10.2 Å². The number of rotatable bonds is 10. The summed E-state index contributed by atoms with van der Waals surface area (Å²) in [5.41, 5.74) is 0.